The van der Waals surface area contributed by atoms with Gasteiger partial charge in [0.15, 0.2) is 6.29 Å². The summed E-state index contributed by atoms with van der Waals surface area (Å²) < 4.78 is 16.9. The van der Waals surface area contributed by atoms with Gasteiger partial charge in [-0.05, 0) is 31.6 Å². The molecule has 1 heterocycles. The Morgan fingerprint density at radius 1 is 1.40 bits per heavy atom. The van der Waals surface area contributed by atoms with E-state index in [9.17, 15) is 4.79 Å². The number of hydrogen-bond acceptors (Lipinski definition) is 4. The van der Waals surface area contributed by atoms with Crippen molar-refractivity contribution >= 4 is 5.91 Å². The van der Waals surface area contributed by atoms with Crippen molar-refractivity contribution in [3.8, 4) is 0 Å². The predicted molar refractivity (Wildman–Crippen MR) is 77.4 cm³/mol. The van der Waals surface area contributed by atoms with Crippen LogP contribution in [0.1, 0.15) is 46.5 Å². The zero-order chi connectivity index (χ0) is 14.8. The number of amides is 1. The summed E-state index contributed by atoms with van der Waals surface area (Å²) in [4.78, 5) is 11.4. The van der Waals surface area contributed by atoms with Crippen LogP contribution in [0.25, 0.3) is 0 Å². The van der Waals surface area contributed by atoms with Crippen LogP contribution in [0, 0.1) is 5.92 Å². The first-order valence-corrected chi connectivity index (χ1v) is 7.73. The number of carbonyl (C=O) groups excluding carboxylic acids is 1. The topological polar surface area (TPSA) is 56.8 Å². The normalized spacial score (nSPS) is 23.0. The molecule has 0 bridgehead atoms. The standard InChI is InChI=1S/C15H29NO4/c1-4-8-16-14(17)11-18-10-13-6-5-7-15(20-13)19-9-12(2)3/h12-13,15H,4-11H2,1-3H3,(H,16,17). The Hall–Kier alpha value is -0.650. The van der Waals surface area contributed by atoms with Crippen LogP contribution in [-0.2, 0) is 19.0 Å². The lowest BCUT2D eigenvalue weighted by Crippen LogP contribution is -2.35. The van der Waals surface area contributed by atoms with E-state index in [4.69, 9.17) is 14.2 Å². The predicted octanol–water partition coefficient (Wildman–Crippen LogP) is 2.10. The molecule has 0 aromatic heterocycles. The Morgan fingerprint density at radius 3 is 2.90 bits per heavy atom. The van der Waals surface area contributed by atoms with E-state index < -0.39 is 0 Å². The molecule has 0 aliphatic carbocycles. The maximum Gasteiger partial charge on any atom is 0.245 e. The van der Waals surface area contributed by atoms with Gasteiger partial charge in [-0.2, -0.15) is 0 Å². The second-order valence-electron chi connectivity index (χ2n) is 5.71. The third-order valence-corrected chi connectivity index (χ3v) is 3.03. The Balaban J connectivity index is 2.12. The number of hydrogen-bond donors (Lipinski definition) is 1. The Kier molecular flexibility index (Phi) is 8.82. The number of carbonyl (C=O) groups is 1. The Labute approximate surface area is 122 Å². The summed E-state index contributed by atoms with van der Waals surface area (Å²) in [7, 11) is 0. The highest BCUT2D eigenvalue weighted by Gasteiger charge is 2.23. The van der Waals surface area contributed by atoms with E-state index in [1.54, 1.807) is 0 Å². The van der Waals surface area contributed by atoms with Crippen molar-refractivity contribution < 1.29 is 19.0 Å². The SMILES string of the molecule is CCCNC(=O)COCC1CCCC(OCC(C)C)O1. The largest absolute Gasteiger partial charge is 0.369 e. The van der Waals surface area contributed by atoms with E-state index in [1.807, 2.05) is 6.92 Å². The summed E-state index contributed by atoms with van der Waals surface area (Å²) in [5.74, 6) is 0.452. The van der Waals surface area contributed by atoms with Gasteiger partial charge in [0.1, 0.15) is 6.61 Å². The molecule has 1 fully saturated rings. The summed E-state index contributed by atoms with van der Waals surface area (Å²) in [6, 6.07) is 0. The number of rotatable bonds is 9. The van der Waals surface area contributed by atoms with Gasteiger partial charge in [0.05, 0.1) is 19.3 Å². The van der Waals surface area contributed by atoms with Gasteiger partial charge in [-0.3, -0.25) is 4.79 Å². The molecule has 5 nitrogen and oxygen atoms in total. The molecule has 0 aromatic carbocycles. The molecule has 1 saturated heterocycles. The van der Waals surface area contributed by atoms with Crippen molar-refractivity contribution in [1.29, 1.82) is 0 Å². The highest BCUT2D eigenvalue weighted by atomic mass is 16.7. The maximum atomic E-state index is 11.4. The molecule has 1 N–H and O–H groups in total. The number of nitrogens with one attached hydrogen (secondary N) is 1. The molecule has 0 radical (unpaired) electrons. The average molecular weight is 287 g/mol. The minimum atomic E-state index is -0.117. The smallest absolute Gasteiger partial charge is 0.245 e. The molecule has 1 aliphatic rings. The summed E-state index contributed by atoms with van der Waals surface area (Å²) >= 11 is 0. The third-order valence-electron chi connectivity index (χ3n) is 3.03. The van der Waals surface area contributed by atoms with Crippen molar-refractivity contribution in [2.75, 3.05) is 26.4 Å². The quantitative estimate of drug-likeness (QED) is 0.705. The van der Waals surface area contributed by atoms with Crippen molar-refractivity contribution in [2.24, 2.45) is 5.92 Å². The highest BCUT2D eigenvalue weighted by molar-refractivity contribution is 5.77. The fourth-order valence-electron chi connectivity index (χ4n) is 2.01. The second kappa shape index (κ2) is 10.1. The fraction of sp³-hybridized carbons (Fsp3) is 0.933. The van der Waals surface area contributed by atoms with Crippen molar-refractivity contribution in [3.05, 3.63) is 0 Å². The summed E-state index contributed by atoms with van der Waals surface area (Å²) in [5, 5.41) is 2.78. The van der Waals surface area contributed by atoms with E-state index in [0.29, 0.717) is 19.1 Å². The molecule has 1 rings (SSSR count). The first kappa shape index (κ1) is 17.4. The zero-order valence-electron chi connectivity index (χ0n) is 13.0. The lowest BCUT2D eigenvalue weighted by molar-refractivity contribution is -0.207. The lowest BCUT2D eigenvalue weighted by atomic mass is 10.1. The van der Waals surface area contributed by atoms with Gasteiger partial charge in [0.2, 0.25) is 5.91 Å². The molecule has 0 spiro atoms. The van der Waals surface area contributed by atoms with Gasteiger partial charge in [0.25, 0.3) is 0 Å². The fourth-order valence-corrected chi connectivity index (χ4v) is 2.01. The van der Waals surface area contributed by atoms with Crippen LogP contribution in [0.3, 0.4) is 0 Å². The van der Waals surface area contributed by atoms with Crippen LogP contribution in [0.5, 0.6) is 0 Å². The van der Waals surface area contributed by atoms with E-state index >= 15 is 0 Å². The Bertz CT molecular complexity index is 271. The molecular formula is C15H29NO4. The average Bonchev–Trinajstić information content (AvgIpc) is 2.43. The van der Waals surface area contributed by atoms with Gasteiger partial charge in [-0.25, -0.2) is 0 Å². The van der Waals surface area contributed by atoms with Crippen LogP contribution in [0.2, 0.25) is 0 Å². The van der Waals surface area contributed by atoms with Crippen LogP contribution >= 0.6 is 0 Å². The molecule has 2 unspecified atom stereocenters. The molecule has 2 atom stereocenters. The van der Waals surface area contributed by atoms with Crippen LogP contribution in [0.15, 0.2) is 0 Å². The Morgan fingerprint density at radius 2 is 2.20 bits per heavy atom. The minimum absolute atomic E-state index is 0.0416. The molecule has 1 amide bonds. The van der Waals surface area contributed by atoms with Gasteiger partial charge in [-0.15, -0.1) is 0 Å². The van der Waals surface area contributed by atoms with Gasteiger partial charge in [0, 0.05) is 6.54 Å². The summed E-state index contributed by atoms with van der Waals surface area (Å²) in [6.07, 6.45) is 3.86. The third kappa shape index (κ3) is 7.82. The van der Waals surface area contributed by atoms with Crippen molar-refractivity contribution in [3.63, 3.8) is 0 Å². The van der Waals surface area contributed by atoms with Crippen LogP contribution < -0.4 is 5.32 Å². The van der Waals surface area contributed by atoms with Gasteiger partial charge >= 0.3 is 0 Å². The minimum Gasteiger partial charge on any atom is -0.369 e. The highest BCUT2D eigenvalue weighted by Crippen LogP contribution is 2.20. The van der Waals surface area contributed by atoms with E-state index in [0.717, 1.165) is 32.3 Å². The van der Waals surface area contributed by atoms with E-state index in [1.165, 1.54) is 0 Å². The molecule has 0 saturated carbocycles. The molecule has 5 heteroatoms. The maximum absolute atomic E-state index is 11.4. The van der Waals surface area contributed by atoms with Crippen molar-refractivity contribution in [2.45, 2.75) is 58.8 Å². The second-order valence-corrected chi connectivity index (χ2v) is 5.71. The van der Waals surface area contributed by atoms with E-state index in [-0.39, 0.29) is 24.9 Å². The molecular weight excluding hydrogens is 258 g/mol. The summed E-state index contributed by atoms with van der Waals surface area (Å²) in [5.41, 5.74) is 0. The first-order chi connectivity index (χ1) is 9.61. The van der Waals surface area contributed by atoms with E-state index in [2.05, 4.69) is 19.2 Å². The lowest BCUT2D eigenvalue weighted by Gasteiger charge is -2.30. The molecule has 118 valence electrons. The van der Waals surface area contributed by atoms with Crippen LogP contribution in [0.4, 0.5) is 0 Å². The molecule has 20 heavy (non-hydrogen) atoms. The van der Waals surface area contributed by atoms with Crippen molar-refractivity contribution in [1.82, 2.24) is 5.32 Å². The molecule has 1 aliphatic heterocycles. The zero-order valence-corrected chi connectivity index (χ0v) is 13.0. The summed E-state index contributed by atoms with van der Waals surface area (Å²) in [6.45, 7) is 8.26. The first-order valence-electron chi connectivity index (χ1n) is 7.73. The van der Waals surface area contributed by atoms with Crippen LogP contribution in [-0.4, -0.2) is 44.7 Å². The van der Waals surface area contributed by atoms with Gasteiger partial charge in [-0.1, -0.05) is 20.8 Å². The monoisotopic (exact) mass is 287 g/mol. The molecule has 0 aromatic rings. The number of ether oxygens (including phenoxy) is 3. The van der Waals surface area contributed by atoms with Gasteiger partial charge < -0.3 is 19.5 Å².